The summed E-state index contributed by atoms with van der Waals surface area (Å²) in [5.74, 6) is -0.973. The van der Waals surface area contributed by atoms with Gasteiger partial charge in [0.15, 0.2) is 0 Å². The first-order valence-electron chi connectivity index (χ1n) is 6.38. The van der Waals surface area contributed by atoms with Gasteiger partial charge in [-0.15, -0.1) is 0 Å². The van der Waals surface area contributed by atoms with E-state index in [9.17, 15) is 14.9 Å². The largest absolute Gasteiger partial charge is 0.478 e. The third kappa shape index (κ3) is 2.85. The standard InChI is InChI=1S/C12H16N4O4/c1-2-14-3-5-15(6-4-14)11-10(16(19)20)7-9(8-13-11)12(17)18/h7-8H,2-6H2,1H3,(H,17,18). The van der Waals surface area contributed by atoms with Gasteiger partial charge in [0.05, 0.1) is 10.5 Å². The van der Waals surface area contributed by atoms with Gasteiger partial charge in [-0.1, -0.05) is 6.92 Å². The van der Waals surface area contributed by atoms with Gasteiger partial charge < -0.3 is 14.9 Å². The lowest BCUT2D eigenvalue weighted by atomic mass is 10.2. The van der Waals surface area contributed by atoms with Crippen LogP contribution in [-0.2, 0) is 0 Å². The highest BCUT2D eigenvalue weighted by Crippen LogP contribution is 2.27. The fourth-order valence-corrected chi connectivity index (χ4v) is 2.22. The third-order valence-corrected chi connectivity index (χ3v) is 3.41. The molecule has 0 saturated carbocycles. The molecule has 1 N–H and O–H groups in total. The molecule has 2 rings (SSSR count). The van der Waals surface area contributed by atoms with Crippen molar-refractivity contribution in [3.05, 3.63) is 27.9 Å². The molecule has 0 unspecified atom stereocenters. The summed E-state index contributed by atoms with van der Waals surface area (Å²) in [4.78, 5) is 29.4. The summed E-state index contributed by atoms with van der Waals surface area (Å²) in [5, 5.41) is 20.0. The predicted octanol–water partition coefficient (Wildman–Crippen LogP) is 0.830. The smallest absolute Gasteiger partial charge is 0.337 e. The Labute approximate surface area is 115 Å². The van der Waals surface area contributed by atoms with E-state index in [1.54, 1.807) is 0 Å². The minimum atomic E-state index is -1.22. The quantitative estimate of drug-likeness (QED) is 0.644. The Kier molecular flexibility index (Phi) is 4.14. The molecule has 0 amide bonds. The number of piperazine rings is 1. The molecule has 108 valence electrons. The number of carboxylic acid groups (broad SMARTS) is 1. The molecular formula is C12H16N4O4. The maximum absolute atomic E-state index is 11.1. The maximum Gasteiger partial charge on any atom is 0.337 e. The predicted molar refractivity (Wildman–Crippen MR) is 72.2 cm³/mol. The van der Waals surface area contributed by atoms with Gasteiger partial charge in [0, 0.05) is 38.4 Å². The van der Waals surface area contributed by atoms with Gasteiger partial charge in [-0.3, -0.25) is 10.1 Å². The van der Waals surface area contributed by atoms with Crippen LogP contribution >= 0.6 is 0 Å². The first-order chi connectivity index (χ1) is 9.52. The number of aromatic nitrogens is 1. The molecule has 0 aromatic carbocycles. The summed E-state index contributed by atoms with van der Waals surface area (Å²) in [5.41, 5.74) is -0.428. The average Bonchev–Trinajstić information content (AvgIpc) is 2.46. The number of hydrogen-bond donors (Lipinski definition) is 1. The van der Waals surface area contributed by atoms with Crippen molar-refractivity contribution >= 4 is 17.5 Å². The lowest BCUT2D eigenvalue weighted by molar-refractivity contribution is -0.384. The average molecular weight is 280 g/mol. The zero-order chi connectivity index (χ0) is 14.7. The van der Waals surface area contributed by atoms with Gasteiger partial charge in [0.2, 0.25) is 5.82 Å². The van der Waals surface area contributed by atoms with Crippen LogP contribution in [0.4, 0.5) is 11.5 Å². The van der Waals surface area contributed by atoms with Crippen molar-refractivity contribution < 1.29 is 14.8 Å². The third-order valence-electron chi connectivity index (χ3n) is 3.41. The van der Waals surface area contributed by atoms with Gasteiger partial charge in [-0.2, -0.15) is 0 Å². The Morgan fingerprint density at radius 3 is 2.60 bits per heavy atom. The van der Waals surface area contributed by atoms with Crippen molar-refractivity contribution in [1.29, 1.82) is 0 Å². The van der Waals surface area contributed by atoms with E-state index in [1.165, 1.54) is 0 Å². The topological polar surface area (TPSA) is 99.8 Å². The zero-order valence-corrected chi connectivity index (χ0v) is 11.2. The Morgan fingerprint density at radius 2 is 2.10 bits per heavy atom. The number of nitro groups is 1. The first kappa shape index (κ1) is 14.2. The fourth-order valence-electron chi connectivity index (χ4n) is 2.22. The summed E-state index contributed by atoms with van der Waals surface area (Å²) >= 11 is 0. The van der Waals surface area contributed by atoms with E-state index >= 15 is 0 Å². The summed E-state index contributed by atoms with van der Waals surface area (Å²) in [6.45, 7) is 5.94. The van der Waals surface area contributed by atoms with E-state index in [2.05, 4.69) is 16.8 Å². The molecule has 1 aliphatic rings. The SMILES string of the molecule is CCN1CCN(c2ncc(C(=O)O)cc2[N+](=O)[O-])CC1. The lowest BCUT2D eigenvalue weighted by Gasteiger charge is -2.34. The molecule has 0 bridgehead atoms. The number of carboxylic acids is 1. The van der Waals surface area contributed by atoms with Gasteiger partial charge in [0.1, 0.15) is 0 Å². The number of carbonyl (C=O) groups is 1. The molecule has 1 saturated heterocycles. The van der Waals surface area contributed by atoms with Crippen LogP contribution in [0.5, 0.6) is 0 Å². The first-order valence-corrected chi connectivity index (χ1v) is 6.38. The fraction of sp³-hybridized carbons (Fsp3) is 0.500. The van der Waals surface area contributed by atoms with Crippen LogP contribution in [-0.4, -0.2) is 58.6 Å². The van der Waals surface area contributed by atoms with Gasteiger partial charge in [-0.05, 0) is 6.54 Å². The molecule has 0 aliphatic carbocycles. The second-order valence-electron chi connectivity index (χ2n) is 4.55. The molecule has 0 spiro atoms. The van der Waals surface area contributed by atoms with E-state index in [-0.39, 0.29) is 17.1 Å². The molecule has 20 heavy (non-hydrogen) atoms. The minimum absolute atomic E-state index is 0.173. The summed E-state index contributed by atoms with van der Waals surface area (Å²) < 4.78 is 0. The molecular weight excluding hydrogens is 264 g/mol. The maximum atomic E-state index is 11.1. The summed E-state index contributed by atoms with van der Waals surface area (Å²) in [7, 11) is 0. The van der Waals surface area contributed by atoms with Crippen molar-refractivity contribution in [1.82, 2.24) is 9.88 Å². The summed E-state index contributed by atoms with van der Waals surface area (Å²) in [6, 6.07) is 1.07. The number of rotatable bonds is 4. The molecule has 0 radical (unpaired) electrons. The Bertz CT molecular complexity index is 526. The van der Waals surface area contributed by atoms with Crippen LogP contribution in [0.1, 0.15) is 17.3 Å². The van der Waals surface area contributed by atoms with Crippen LogP contribution in [0, 0.1) is 10.1 Å². The molecule has 2 heterocycles. The molecule has 1 aromatic rings. The molecule has 1 fully saturated rings. The molecule has 1 aliphatic heterocycles. The van der Waals surface area contributed by atoms with Crippen LogP contribution in [0.25, 0.3) is 0 Å². The summed E-state index contributed by atoms with van der Waals surface area (Å²) in [6.07, 6.45) is 1.16. The van der Waals surface area contributed by atoms with Gasteiger partial charge >= 0.3 is 11.7 Å². The van der Waals surface area contributed by atoms with Crippen molar-refractivity contribution in [3.63, 3.8) is 0 Å². The number of nitrogens with zero attached hydrogens (tertiary/aromatic N) is 4. The Balaban J connectivity index is 2.27. The molecule has 1 aromatic heterocycles. The van der Waals surface area contributed by atoms with Crippen molar-refractivity contribution in [2.45, 2.75) is 6.92 Å². The van der Waals surface area contributed by atoms with E-state index in [4.69, 9.17) is 5.11 Å². The number of hydrogen-bond acceptors (Lipinski definition) is 6. The van der Waals surface area contributed by atoms with Crippen LogP contribution in [0.15, 0.2) is 12.3 Å². The second kappa shape index (κ2) is 5.83. The van der Waals surface area contributed by atoms with Crippen molar-refractivity contribution in [2.24, 2.45) is 0 Å². The van der Waals surface area contributed by atoms with Crippen LogP contribution in [0.3, 0.4) is 0 Å². The molecule has 0 atom stereocenters. The van der Waals surface area contributed by atoms with Crippen molar-refractivity contribution in [2.75, 3.05) is 37.6 Å². The number of likely N-dealkylation sites (N-methyl/N-ethyl adjacent to an activating group) is 1. The molecule has 8 heteroatoms. The Morgan fingerprint density at radius 1 is 1.45 bits per heavy atom. The normalized spacial score (nSPS) is 16.1. The van der Waals surface area contributed by atoms with Gasteiger partial charge in [-0.25, -0.2) is 9.78 Å². The highest BCUT2D eigenvalue weighted by Gasteiger charge is 2.26. The van der Waals surface area contributed by atoms with Crippen LogP contribution < -0.4 is 4.90 Å². The van der Waals surface area contributed by atoms with E-state index < -0.39 is 10.9 Å². The van der Waals surface area contributed by atoms with E-state index in [0.29, 0.717) is 13.1 Å². The van der Waals surface area contributed by atoms with Crippen molar-refractivity contribution in [3.8, 4) is 0 Å². The monoisotopic (exact) mass is 280 g/mol. The second-order valence-corrected chi connectivity index (χ2v) is 4.55. The van der Waals surface area contributed by atoms with E-state index in [1.807, 2.05) is 4.90 Å². The number of anilines is 1. The number of aromatic carboxylic acids is 1. The minimum Gasteiger partial charge on any atom is -0.478 e. The lowest BCUT2D eigenvalue weighted by Crippen LogP contribution is -2.46. The van der Waals surface area contributed by atoms with E-state index in [0.717, 1.165) is 31.9 Å². The van der Waals surface area contributed by atoms with Gasteiger partial charge in [0.25, 0.3) is 0 Å². The Hall–Kier alpha value is -2.22. The highest BCUT2D eigenvalue weighted by molar-refractivity contribution is 5.88. The van der Waals surface area contributed by atoms with Crippen LogP contribution in [0.2, 0.25) is 0 Å². The molecule has 8 nitrogen and oxygen atoms in total. The highest BCUT2D eigenvalue weighted by atomic mass is 16.6. The number of pyridine rings is 1. The zero-order valence-electron chi connectivity index (χ0n) is 11.2.